The maximum absolute atomic E-state index is 11.7. The summed E-state index contributed by atoms with van der Waals surface area (Å²) in [6.07, 6.45) is 0. The van der Waals surface area contributed by atoms with Crippen LogP contribution in [-0.4, -0.2) is 20.0 Å². The Morgan fingerprint density at radius 3 is 2.40 bits per heavy atom. The molecule has 2 rings (SSSR count). The van der Waals surface area contributed by atoms with Gasteiger partial charge in [-0.2, -0.15) is 0 Å². The Labute approximate surface area is 120 Å². The third-order valence-corrected chi connectivity index (χ3v) is 4.35. The van der Waals surface area contributed by atoms with E-state index in [9.17, 15) is 4.79 Å². The predicted octanol–water partition coefficient (Wildman–Crippen LogP) is 2.54. The SMILES string of the molecule is COc1ccc(OC)c(Pc2ccccc2C(C)=O)c1. The van der Waals surface area contributed by atoms with Crippen LogP contribution in [0.2, 0.25) is 0 Å². The Morgan fingerprint density at radius 1 is 1.00 bits per heavy atom. The van der Waals surface area contributed by atoms with E-state index in [0.29, 0.717) is 8.58 Å². The number of hydrogen-bond donors (Lipinski definition) is 0. The Balaban J connectivity index is 2.41. The van der Waals surface area contributed by atoms with Crippen LogP contribution in [0.3, 0.4) is 0 Å². The van der Waals surface area contributed by atoms with Crippen LogP contribution < -0.4 is 20.1 Å². The van der Waals surface area contributed by atoms with Gasteiger partial charge in [0.15, 0.2) is 5.78 Å². The molecule has 0 bridgehead atoms. The molecule has 3 nitrogen and oxygen atoms in total. The molecule has 104 valence electrons. The van der Waals surface area contributed by atoms with Gasteiger partial charge in [-0.3, -0.25) is 4.79 Å². The van der Waals surface area contributed by atoms with Gasteiger partial charge in [0.1, 0.15) is 11.5 Å². The van der Waals surface area contributed by atoms with Crippen molar-refractivity contribution in [3.8, 4) is 11.5 Å². The number of benzene rings is 2. The third-order valence-electron chi connectivity index (χ3n) is 2.98. The van der Waals surface area contributed by atoms with Gasteiger partial charge in [0.05, 0.1) is 14.2 Å². The van der Waals surface area contributed by atoms with E-state index in [0.717, 1.165) is 27.7 Å². The molecule has 0 saturated heterocycles. The zero-order chi connectivity index (χ0) is 14.5. The standard InChI is InChI=1S/C16H17O3P/c1-11(17)13-6-4-5-7-15(13)20-16-10-12(18-2)8-9-14(16)19-3/h4-10,20H,1-3H3. The summed E-state index contributed by atoms with van der Waals surface area (Å²) in [5.41, 5.74) is 0.760. The first kappa shape index (κ1) is 14.5. The topological polar surface area (TPSA) is 35.5 Å². The molecule has 0 aromatic heterocycles. The van der Waals surface area contributed by atoms with E-state index in [2.05, 4.69) is 0 Å². The Hall–Kier alpha value is -1.86. The van der Waals surface area contributed by atoms with Gasteiger partial charge >= 0.3 is 0 Å². The molecule has 0 fully saturated rings. The van der Waals surface area contributed by atoms with E-state index in [1.165, 1.54) is 0 Å². The quantitative estimate of drug-likeness (QED) is 0.626. The highest BCUT2D eigenvalue weighted by Gasteiger charge is 2.11. The van der Waals surface area contributed by atoms with Gasteiger partial charge in [-0.25, -0.2) is 0 Å². The molecule has 2 aromatic rings. The van der Waals surface area contributed by atoms with E-state index < -0.39 is 0 Å². The first-order valence-corrected chi connectivity index (χ1v) is 7.24. The molecular weight excluding hydrogens is 271 g/mol. The van der Waals surface area contributed by atoms with E-state index in [1.54, 1.807) is 21.1 Å². The van der Waals surface area contributed by atoms with Crippen LogP contribution in [0.25, 0.3) is 0 Å². The summed E-state index contributed by atoms with van der Waals surface area (Å²) >= 11 is 0. The van der Waals surface area contributed by atoms with Crippen LogP contribution in [0.4, 0.5) is 0 Å². The van der Waals surface area contributed by atoms with Crippen molar-refractivity contribution in [3.05, 3.63) is 48.0 Å². The molecule has 4 heteroatoms. The van der Waals surface area contributed by atoms with Crippen molar-refractivity contribution in [2.24, 2.45) is 0 Å². The fourth-order valence-electron chi connectivity index (χ4n) is 1.96. The van der Waals surface area contributed by atoms with Crippen molar-refractivity contribution in [2.75, 3.05) is 14.2 Å². The molecule has 0 spiro atoms. The van der Waals surface area contributed by atoms with Crippen molar-refractivity contribution in [1.82, 2.24) is 0 Å². The van der Waals surface area contributed by atoms with Gasteiger partial charge in [0.2, 0.25) is 0 Å². The zero-order valence-corrected chi connectivity index (χ0v) is 12.8. The number of hydrogen-bond acceptors (Lipinski definition) is 3. The number of carbonyl (C=O) groups is 1. The summed E-state index contributed by atoms with van der Waals surface area (Å²) < 4.78 is 10.6. The molecule has 1 unspecified atom stereocenters. The smallest absolute Gasteiger partial charge is 0.160 e. The molecule has 2 aromatic carbocycles. The molecule has 0 aliphatic rings. The van der Waals surface area contributed by atoms with Gasteiger partial charge in [0.25, 0.3) is 0 Å². The molecule has 0 saturated carbocycles. The molecule has 1 atom stereocenters. The number of methoxy groups -OCH3 is 2. The third kappa shape index (κ3) is 3.17. The highest BCUT2D eigenvalue weighted by Crippen LogP contribution is 2.24. The first-order valence-electron chi connectivity index (χ1n) is 6.24. The van der Waals surface area contributed by atoms with Crippen LogP contribution in [0.5, 0.6) is 11.5 Å². The number of rotatable bonds is 5. The van der Waals surface area contributed by atoms with Crippen molar-refractivity contribution in [3.63, 3.8) is 0 Å². The normalized spacial score (nSPS) is 10.8. The zero-order valence-electron chi connectivity index (χ0n) is 11.8. The highest BCUT2D eigenvalue weighted by molar-refractivity contribution is 7.56. The second-order valence-corrected chi connectivity index (χ2v) is 5.62. The minimum atomic E-state index is 0.0787. The number of carbonyl (C=O) groups excluding carboxylic acids is 1. The van der Waals surface area contributed by atoms with Gasteiger partial charge in [-0.15, -0.1) is 0 Å². The number of Topliss-reactive ketones (excluding diaryl/α,β-unsaturated/α-hetero) is 1. The van der Waals surface area contributed by atoms with Crippen molar-refractivity contribution < 1.29 is 14.3 Å². The van der Waals surface area contributed by atoms with Crippen molar-refractivity contribution >= 4 is 25.0 Å². The lowest BCUT2D eigenvalue weighted by molar-refractivity contribution is 0.101. The van der Waals surface area contributed by atoms with Crippen LogP contribution in [0.15, 0.2) is 42.5 Å². The van der Waals surface area contributed by atoms with Crippen LogP contribution in [0.1, 0.15) is 17.3 Å². The van der Waals surface area contributed by atoms with Crippen LogP contribution in [0, 0.1) is 0 Å². The Morgan fingerprint density at radius 2 is 1.75 bits per heavy atom. The highest BCUT2D eigenvalue weighted by atomic mass is 31.1. The lowest BCUT2D eigenvalue weighted by Gasteiger charge is -2.12. The van der Waals surface area contributed by atoms with E-state index in [-0.39, 0.29) is 5.78 Å². The molecule has 0 N–H and O–H groups in total. The second-order valence-electron chi connectivity index (χ2n) is 4.29. The minimum Gasteiger partial charge on any atom is -0.497 e. The van der Waals surface area contributed by atoms with E-state index in [4.69, 9.17) is 9.47 Å². The van der Waals surface area contributed by atoms with Gasteiger partial charge in [-0.1, -0.05) is 32.8 Å². The lowest BCUT2D eigenvalue weighted by Crippen LogP contribution is -2.13. The summed E-state index contributed by atoms with van der Waals surface area (Å²) in [6.45, 7) is 1.59. The average molecular weight is 288 g/mol. The lowest BCUT2D eigenvalue weighted by atomic mass is 10.1. The number of ether oxygens (including phenoxy) is 2. The summed E-state index contributed by atoms with van der Waals surface area (Å²) in [7, 11) is 3.63. The van der Waals surface area contributed by atoms with Crippen molar-refractivity contribution in [1.29, 1.82) is 0 Å². The minimum absolute atomic E-state index is 0.0787. The Bertz CT molecular complexity index is 623. The molecule has 0 aliphatic carbocycles. The maximum Gasteiger partial charge on any atom is 0.160 e. The van der Waals surface area contributed by atoms with Crippen molar-refractivity contribution in [2.45, 2.75) is 6.92 Å². The molecule has 0 heterocycles. The summed E-state index contributed by atoms with van der Waals surface area (Å²) in [4.78, 5) is 11.7. The number of ketones is 1. The van der Waals surface area contributed by atoms with Crippen LogP contribution >= 0.6 is 8.58 Å². The summed E-state index contributed by atoms with van der Waals surface area (Å²) in [6, 6.07) is 13.4. The molecule has 0 radical (unpaired) electrons. The maximum atomic E-state index is 11.7. The predicted molar refractivity (Wildman–Crippen MR) is 83.6 cm³/mol. The Kier molecular flexibility index (Phi) is 4.75. The fourth-order valence-corrected chi connectivity index (χ4v) is 3.34. The average Bonchev–Trinajstić information content (AvgIpc) is 2.47. The summed E-state index contributed by atoms with van der Waals surface area (Å²) in [5.74, 6) is 1.67. The second kappa shape index (κ2) is 6.53. The van der Waals surface area contributed by atoms with E-state index >= 15 is 0 Å². The van der Waals surface area contributed by atoms with Gasteiger partial charge in [0, 0.05) is 10.9 Å². The molecule has 20 heavy (non-hydrogen) atoms. The first-order chi connectivity index (χ1) is 9.65. The van der Waals surface area contributed by atoms with Crippen LogP contribution in [-0.2, 0) is 0 Å². The fraction of sp³-hybridized carbons (Fsp3) is 0.188. The van der Waals surface area contributed by atoms with E-state index in [1.807, 2.05) is 42.5 Å². The monoisotopic (exact) mass is 288 g/mol. The molecule has 0 aliphatic heterocycles. The largest absolute Gasteiger partial charge is 0.497 e. The van der Waals surface area contributed by atoms with Gasteiger partial charge in [-0.05, 0) is 30.4 Å². The van der Waals surface area contributed by atoms with Gasteiger partial charge < -0.3 is 9.47 Å². The molecular formula is C16H17O3P. The summed E-state index contributed by atoms with van der Waals surface area (Å²) in [5, 5.41) is 2.05. The molecule has 0 amide bonds.